The van der Waals surface area contributed by atoms with Crippen molar-refractivity contribution in [1.29, 1.82) is 0 Å². The van der Waals surface area contributed by atoms with E-state index in [1.807, 2.05) is 6.07 Å². The van der Waals surface area contributed by atoms with Crippen molar-refractivity contribution in [2.45, 2.75) is 24.8 Å². The van der Waals surface area contributed by atoms with Crippen molar-refractivity contribution < 1.29 is 13.3 Å². The van der Waals surface area contributed by atoms with Crippen LogP contribution < -0.4 is 5.32 Å². The topological polar surface area (TPSA) is 105 Å². The molecule has 0 saturated carbocycles. The Morgan fingerprint density at radius 1 is 1.27 bits per heavy atom. The number of hydrogen-bond acceptors (Lipinski definition) is 6. The molecule has 1 aliphatic heterocycles. The van der Waals surface area contributed by atoms with Gasteiger partial charge in [0.1, 0.15) is 0 Å². The van der Waals surface area contributed by atoms with Crippen LogP contribution in [0.1, 0.15) is 22.7 Å². The van der Waals surface area contributed by atoms with E-state index in [0.29, 0.717) is 24.2 Å². The van der Waals surface area contributed by atoms with Crippen LogP contribution in [0.3, 0.4) is 0 Å². The summed E-state index contributed by atoms with van der Waals surface area (Å²) >= 11 is 0. The van der Waals surface area contributed by atoms with Crippen LogP contribution in [-0.4, -0.2) is 42.3 Å². The maximum absolute atomic E-state index is 13.4. The number of nitro groups is 1. The molecule has 1 saturated heterocycles. The van der Waals surface area contributed by atoms with Gasteiger partial charge >= 0.3 is 0 Å². The molecule has 2 heterocycles. The maximum Gasteiger partial charge on any atom is 0.292 e. The van der Waals surface area contributed by atoms with Gasteiger partial charge in [-0.3, -0.25) is 15.1 Å². The molecule has 0 amide bonds. The van der Waals surface area contributed by atoms with Crippen LogP contribution in [0, 0.1) is 24.0 Å². The standard InChI is InChI=1S/C17H20N4O4S/c1-12-5-6-13(2)17(16(12)21(22)23)26(24,25)20-9-8-19-11-15(20)14-4-3-7-18-10-14/h3-7,10,15,19H,8-9,11H2,1-2H3. The zero-order valence-electron chi connectivity index (χ0n) is 14.5. The average Bonchev–Trinajstić information content (AvgIpc) is 2.63. The highest BCUT2D eigenvalue weighted by atomic mass is 32.2. The molecule has 1 N–H and O–H groups in total. The summed E-state index contributed by atoms with van der Waals surface area (Å²) in [6, 6.07) is 6.26. The van der Waals surface area contributed by atoms with Crippen molar-refractivity contribution >= 4 is 15.7 Å². The lowest BCUT2D eigenvalue weighted by atomic mass is 10.1. The van der Waals surface area contributed by atoms with Gasteiger partial charge in [-0.25, -0.2) is 8.42 Å². The lowest BCUT2D eigenvalue weighted by Crippen LogP contribution is -2.48. The zero-order valence-corrected chi connectivity index (χ0v) is 15.4. The molecule has 0 radical (unpaired) electrons. The number of hydrogen-bond donors (Lipinski definition) is 1. The smallest absolute Gasteiger partial charge is 0.292 e. The molecule has 138 valence electrons. The van der Waals surface area contributed by atoms with Gasteiger partial charge in [0.15, 0.2) is 4.90 Å². The Bertz CT molecular complexity index is 931. The molecule has 26 heavy (non-hydrogen) atoms. The normalized spacial score (nSPS) is 18.6. The van der Waals surface area contributed by atoms with Gasteiger partial charge in [0.05, 0.1) is 11.0 Å². The molecule has 1 unspecified atom stereocenters. The van der Waals surface area contributed by atoms with Crippen LogP contribution in [0.25, 0.3) is 0 Å². The second kappa shape index (κ2) is 7.10. The molecule has 1 fully saturated rings. The number of pyridine rings is 1. The monoisotopic (exact) mass is 376 g/mol. The number of nitro benzene ring substituents is 1. The molecule has 0 spiro atoms. The Morgan fingerprint density at radius 2 is 2.00 bits per heavy atom. The van der Waals surface area contributed by atoms with E-state index in [0.717, 1.165) is 5.56 Å². The third-order valence-corrected chi connectivity index (χ3v) is 6.63. The van der Waals surface area contributed by atoms with E-state index in [-0.39, 0.29) is 17.1 Å². The minimum absolute atomic E-state index is 0.224. The summed E-state index contributed by atoms with van der Waals surface area (Å²) in [4.78, 5) is 14.8. The van der Waals surface area contributed by atoms with E-state index in [1.54, 1.807) is 44.4 Å². The van der Waals surface area contributed by atoms with E-state index in [2.05, 4.69) is 10.3 Å². The fraction of sp³-hybridized carbons (Fsp3) is 0.353. The summed E-state index contributed by atoms with van der Waals surface area (Å²) < 4.78 is 28.2. The lowest BCUT2D eigenvalue weighted by molar-refractivity contribution is -0.388. The molecular weight excluding hydrogens is 356 g/mol. The van der Waals surface area contributed by atoms with Crippen molar-refractivity contribution in [3.63, 3.8) is 0 Å². The van der Waals surface area contributed by atoms with Gasteiger partial charge in [-0.1, -0.05) is 18.2 Å². The molecule has 0 aliphatic carbocycles. The second-order valence-electron chi connectivity index (χ2n) is 6.26. The van der Waals surface area contributed by atoms with Crippen LogP contribution in [0.2, 0.25) is 0 Å². The van der Waals surface area contributed by atoms with Gasteiger partial charge in [-0.2, -0.15) is 4.31 Å². The van der Waals surface area contributed by atoms with Crippen molar-refractivity contribution in [2.75, 3.05) is 19.6 Å². The minimum atomic E-state index is -4.06. The first-order valence-electron chi connectivity index (χ1n) is 8.21. The van der Waals surface area contributed by atoms with Gasteiger partial charge in [-0.15, -0.1) is 0 Å². The second-order valence-corrected chi connectivity index (χ2v) is 8.08. The Labute approximate surface area is 152 Å². The molecule has 1 atom stereocenters. The number of nitrogens with one attached hydrogen (secondary N) is 1. The molecule has 0 bridgehead atoms. The number of piperazine rings is 1. The van der Waals surface area contributed by atoms with Crippen LogP contribution in [0.15, 0.2) is 41.6 Å². The quantitative estimate of drug-likeness (QED) is 0.646. The Hall–Kier alpha value is -2.36. The fourth-order valence-electron chi connectivity index (χ4n) is 3.27. The van der Waals surface area contributed by atoms with Crippen LogP contribution in [-0.2, 0) is 10.0 Å². The highest BCUT2D eigenvalue weighted by Crippen LogP contribution is 2.36. The molecular formula is C17H20N4O4S. The highest BCUT2D eigenvalue weighted by molar-refractivity contribution is 7.89. The van der Waals surface area contributed by atoms with Crippen molar-refractivity contribution in [1.82, 2.24) is 14.6 Å². The third-order valence-electron chi connectivity index (χ3n) is 4.54. The van der Waals surface area contributed by atoms with Crippen LogP contribution >= 0.6 is 0 Å². The summed E-state index contributed by atoms with van der Waals surface area (Å²) in [6.07, 6.45) is 3.24. The van der Waals surface area contributed by atoms with Crippen molar-refractivity contribution in [3.8, 4) is 0 Å². The Kier molecular flexibility index (Phi) is 5.03. The SMILES string of the molecule is Cc1ccc(C)c(S(=O)(=O)N2CCNCC2c2cccnc2)c1[N+](=O)[O-]. The number of nitrogens with zero attached hydrogens (tertiary/aromatic N) is 3. The maximum atomic E-state index is 13.4. The van der Waals surface area contributed by atoms with Gasteiger partial charge in [0.2, 0.25) is 0 Å². The van der Waals surface area contributed by atoms with Gasteiger partial charge < -0.3 is 5.32 Å². The first-order valence-corrected chi connectivity index (χ1v) is 9.65. The molecule has 9 heteroatoms. The average molecular weight is 376 g/mol. The predicted octanol–water partition coefficient (Wildman–Crippen LogP) is 1.94. The number of aromatic nitrogens is 1. The summed E-state index contributed by atoms with van der Waals surface area (Å²) in [5.74, 6) is 0. The van der Waals surface area contributed by atoms with Gasteiger partial charge in [0.25, 0.3) is 15.7 Å². The molecule has 8 nitrogen and oxygen atoms in total. The zero-order chi connectivity index (χ0) is 18.9. The molecule has 1 aromatic carbocycles. The van der Waals surface area contributed by atoms with E-state index < -0.39 is 21.0 Å². The first-order chi connectivity index (χ1) is 12.3. The lowest BCUT2D eigenvalue weighted by Gasteiger charge is -2.35. The van der Waals surface area contributed by atoms with E-state index >= 15 is 0 Å². The third kappa shape index (κ3) is 3.20. The van der Waals surface area contributed by atoms with Gasteiger partial charge in [-0.05, 0) is 31.0 Å². The summed E-state index contributed by atoms with van der Waals surface area (Å²) in [7, 11) is -4.06. The predicted molar refractivity (Wildman–Crippen MR) is 96.3 cm³/mol. The van der Waals surface area contributed by atoms with Crippen molar-refractivity contribution in [2.24, 2.45) is 0 Å². The van der Waals surface area contributed by atoms with E-state index in [9.17, 15) is 18.5 Å². The van der Waals surface area contributed by atoms with Gasteiger partial charge in [0, 0.05) is 37.6 Å². The van der Waals surface area contributed by atoms with Crippen LogP contribution in [0.5, 0.6) is 0 Å². The summed E-state index contributed by atoms with van der Waals surface area (Å²) in [5, 5.41) is 14.8. The molecule has 3 rings (SSSR count). The van der Waals surface area contributed by atoms with Crippen LogP contribution in [0.4, 0.5) is 5.69 Å². The summed E-state index contributed by atoms with van der Waals surface area (Å²) in [5.41, 5.74) is 1.09. The number of sulfonamides is 1. The largest absolute Gasteiger partial charge is 0.313 e. The Balaban J connectivity index is 2.16. The number of benzene rings is 1. The Morgan fingerprint density at radius 3 is 2.65 bits per heavy atom. The number of aryl methyl sites for hydroxylation is 2. The molecule has 1 aliphatic rings. The number of rotatable bonds is 4. The van der Waals surface area contributed by atoms with Crippen molar-refractivity contribution in [3.05, 3.63) is 63.5 Å². The van der Waals surface area contributed by atoms with E-state index in [1.165, 1.54) is 4.31 Å². The highest BCUT2D eigenvalue weighted by Gasteiger charge is 2.39. The molecule has 1 aromatic heterocycles. The fourth-order valence-corrected chi connectivity index (χ4v) is 5.32. The van der Waals surface area contributed by atoms with E-state index in [4.69, 9.17) is 0 Å². The first kappa shape index (κ1) is 18.4. The summed E-state index contributed by atoms with van der Waals surface area (Å²) in [6.45, 7) is 4.26. The minimum Gasteiger partial charge on any atom is -0.313 e. The molecule has 2 aromatic rings.